The summed E-state index contributed by atoms with van der Waals surface area (Å²) in [5.74, 6) is 1.22. The van der Waals surface area contributed by atoms with Crippen LogP contribution in [0.2, 0.25) is 0 Å². The maximum atomic E-state index is 8.94. The molecule has 0 aliphatic heterocycles. The first-order valence-corrected chi connectivity index (χ1v) is 4.44. The van der Waals surface area contributed by atoms with Gasteiger partial charge in [-0.1, -0.05) is 0 Å². The molecule has 0 amide bonds. The third-order valence-electron chi connectivity index (χ3n) is 2.31. The van der Waals surface area contributed by atoms with Gasteiger partial charge in [-0.3, -0.25) is 0 Å². The van der Waals surface area contributed by atoms with Crippen LogP contribution < -0.4 is 9.47 Å². The number of methoxy groups -OCH3 is 2. The number of fused-ring (bicyclic) bond motifs is 1. The molecule has 0 saturated heterocycles. The molecule has 1 N–H and O–H groups in total. The van der Waals surface area contributed by atoms with E-state index >= 15 is 0 Å². The average Bonchev–Trinajstić information content (AvgIpc) is 2.70. The van der Waals surface area contributed by atoms with Crippen molar-refractivity contribution in [2.75, 3.05) is 14.2 Å². The maximum absolute atomic E-state index is 8.94. The Hall–Kier alpha value is -2.15. The maximum Gasteiger partial charge on any atom is 0.171 e. The fourth-order valence-corrected chi connectivity index (χ4v) is 1.62. The summed E-state index contributed by atoms with van der Waals surface area (Å²) in [7, 11) is 3.13. The number of nitrogens with one attached hydrogen (secondary N) is 1. The standard InChI is InChI=1S/C11H10N2O2/c1-14-9-4-3-8-10(11(9)15-2)7(5-12)6-13-8/h3-4,6,13H,1-2H3. The number of benzene rings is 1. The highest BCUT2D eigenvalue weighted by Gasteiger charge is 2.13. The van der Waals surface area contributed by atoms with E-state index in [1.54, 1.807) is 26.5 Å². The Kier molecular flexibility index (Phi) is 2.22. The van der Waals surface area contributed by atoms with Crippen LogP contribution >= 0.6 is 0 Å². The van der Waals surface area contributed by atoms with Gasteiger partial charge in [0, 0.05) is 6.20 Å². The Bertz CT molecular complexity index is 537. The summed E-state index contributed by atoms with van der Waals surface area (Å²) in [6, 6.07) is 5.77. The van der Waals surface area contributed by atoms with Crippen LogP contribution in [0.1, 0.15) is 5.56 Å². The molecule has 1 aromatic heterocycles. The molecule has 0 aliphatic rings. The second-order valence-electron chi connectivity index (χ2n) is 3.04. The summed E-state index contributed by atoms with van der Waals surface area (Å²) in [5, 5.41) is 9.70. The lowest BCUT2D eigenvalue weighted by molar-refractivity contribution is 0.358. The van der Waals surface area contributed by atoms with Gasteiger partial charge in [0.1, 0.15) is 6.07 Å². The van der Waals surface area contributed by atoms with E-state index < -0.39 is 0 Å². The molecule has 0 unspecified atom stereocenters. The van der Waals surface area contributed by atoms with Crippen molar-refractivity contribution in [3.8, 4) is 17.6 Å². The summed E-state index contributed by atoms with van der Waals surface area (Å²) in [4.78, 5) is 3.01. The monoisotopic (exact) mass is 202 g/mol. The van der Waals surface area contributed by atoms with Crippen LogP contribution in [0.5, 0.6) is 11.5 Å². The molecule has 0 saturated carbocycles. The molecule has 0 atom stereocenters. The average molecular weight is 202 g/mol. The Morgan fingerprint density at radius 3 is 2.67 bits per heavy atom. The first-order chi connectivity index (χ1) is 7.31. The van der Waals surface area contributed by atoms with Crippen LogP contribution in [-0.4, -0.2) is 19.2 Å². The lowest BCUT2D eigenvalue weighted by Crippen LogP contribution is -1.91. The number of nitriles is 1. The predicted molar refractivity (Wildman–Crippen MR) is 56.1 cm³/mol. The normalized spacial score (nSPS) is 9.93. The van der Waals surface area contributed by atoms with Gasteiger partial charge in [0.2, 0.25) is 0 Å². The van der Waals surface area contributed by atoms with Crippen LogP contribution in [0.3, 0.4) is 0 Å². The molecule has 1 heterocycles. The Balaban J connectivity index is 2.84. The lowest BCUT2D eigenvalue weighted by Gasteiger charge is -2.08. The number of aromatic nitrogens is 1. The van der Waals surface area contributed by atoms with Crippen LogP contribution in [0.4, 0.5) is 0 Å². The minimum atomic E-state index is 0.556. The zero-order valence-corrected chi connectivity index (χ0v) is 8.50. The molecule has 76 valence electrons. The Morgan fingerprint density at radius 2 is 2.07 bits per heavy atom. The van der Waals surface area contributed by atoms with Crippen molar-refractivity contribution in [1.82, 2.24) is 4.98 Å². The fraction of sp³-hybridized carbons (Fsp3) is 0.182. The van der Waals surface area contributed by atoms with E-state index in [2.05, 4.69) is 11.1 Å². The van der Waals surface area contributed by atoms with Crippen molar-refractivity contribution in [2.45, 2.75) is 0 Å². The second-order valence-corrected chi connectivity index (χ2v) is 3.04. The zero-order chi connectivity index (χ0) is 10.8. The summed E-state index contributed by atoms with van der Waals surface area (Å²) in [6.07, 6.45) is 1.66. The van der Waals surface area contributed by atoms with E-state index in [-0.39, 0.29) is 0 Å². The second kappa shape index (κ2) is 3.54. The molecule has 4 nitrogen and oxygen atoms in total. The largest absolute Gasteiger partial charge is 0.493 e. The van der Waals surface area contributed by atoms with E-state index in [0.29, 0.717) is 17.1 Å². The number of hydrogen-bond acceptors (Lipinski definition) is 3. The lowest BCUT2D eigenvalue weighted by atomic mass is 10.1. The topological polar surface area (TPSA) is 58.0 Å². The SMILES string of the molecule is COc1ccc2[nH]cc(C#N)c2c1OC. The number of ether oxygens (including phenoxy) is 2. The third-order valence-corrected chi connectivity index (χ3v) is 2.31. The van der Waals surface area contributed by atoms with Crippen molar-refractivity contribution in [2.24, 2.45) is 0 Å². The molecule has 4 heteroatoms. The highest BCUT2D eigenvalue weighted by atomic mass is 16.5. The summed E-state index contributed by atoms with van der Waals surface area (Å²) in [6.45, 7) is 0. The van der Waals surface area contributed by atoms with Crippen molar-refractivity contribution in [1.29, 1.82) is 5.26 Å². The van der Waals surface area contributed by atoms with E-state index in [1.165, 1.54) is 0 Å². The van der Waals surface area contributed by atoms with E-state index in [9.17, 15) is 0 Å². The number of hydrogen-bond donors (Lipinski definition) is 1. The fourth-order valence-electron chi connectivity index (χ4n) is 1.62. The van der Waals surface area contributed by atoms with E-state index in [1.807, 2.05) is 6.07 Å². The molecule has 0 spiro atoms. The molecule has 0 radical (unpaired) electrons. The molecule has 0 bridgehead atoms. The molecule has 1 aromatic carbocycles. The molecular formula is C11H10N2O2. The quantitative estimate of drug-likeness (QED) is 0.810. The first kappa shape index (κ1) is 9.41. The van der Waals surface area contributed by atoms with Crippen LogP contribution in [0.15, 0.2) is 18.3 Å². The van der Waals surface area contributed by atoms with Crippen molar-refractivity contribution in [3.05, 3.63) is 23.9 Å². The molecule has 2 aromatic rings. The van der Waals surface area contributed by atoms with Gasteiger partial charge in [0.05, 0.1) is 30.7 Å². The number of rotatable bonds is 2. The van der Waals surface area contributed by atoms with Gasteiger partial charge < -0.3 is 14.5 Å². The Morgan fingerprint density at radius 1 is 1.27 bits per heavy atom. The summed E-state index contributed by atoms with van der Waals surface area (Å²) < 4.78 is 10.4. The minimum Gasteiger partial charge on any atom is -0.493 e. The Labute approximate surface area is 87.0 Å². The smallest absolute Gasteiger partial charge is 0.171 e. The zero-order valence-electron chi connectivity index (χ0n) is 8.50. The third kappa shape index (κ3) is 1.29. The molecular weight excluding hydrogens is 192 g/mol. The van der Waals surface area contributed by atoms with Gasteiger partial charge in [0.25, 0.3) is 0 Å². The highest BCUT2D eigenvalue weighted by molar-refractivity contribution is 5.93. The van der Waals surface area contributed by atoms with Crippen LogP contribution in [-0.2, 0) is 0 Å². The van der Waals surface area contributed by atoms with Crippen LogP contribution in [0, 0.1) is 11.3 Å². The molecule has 0 aliphatic carbocycles. The predicted octanol–water partition coefficient (Wildman–Crippen LogP) is 2.06. The summed E-state index contributed by atoms with van der Waals surface area (Å²) >= 11 is 0. The van der Waals surface area contributed by atoms with Gasteiger partial charge >= 0.3 is 0 Å². The highest BCUT2D eigenvalue weighted by Crippen LogP contribution is 2.36. The van der Waals surface area contributed by atoms with E-state index in [0.717, 1.165) is 10.9 Å². The summed E-state index contributed by atoms with van der Waals surface area (Å²) in [5.41, 5.74) is 1.42. The van der Waals surface area contributed by atoms with Gasteiger partial charge in [0.15, 0.2) is 11.5 Å². The molecule has 0 fully saturated rings. The van der Waals surface area contributed by atoms with Gasteiger partial charge in [-0.15, -0.1) is 0 Å². The van der Waals surface area contributed by atoms with Gasteiger partial charge in [-0.05, 0) is 12.1 Å². The van der Waals surface area contributed by atoms with E-state index in [4.69, 9.17) is 14.7 Å². The van der Waals surface area contributed by atoms with Crippen molar-refractivity contribution >= 4 is 10.9 Å². The molecule has 2 rings (SSSR count). The van der Waals surface area contributed by atoms with Crippen molar-refractivity contribution in [3.63, 3.8) is 0 Å². The number of aromatic amines is 1. The van der Waals surface area contributed by atoms with Gasteiger partial charge in [-0.2, -0.15) is 5.26 Å². The van der Waals surface area contributed by atoms with Crippen molar-refractivity contribution < 1.29 is 9.47 Å². The first-order valence-electron chi connectivity index (χ1n) is 4.44. The van der Waals surface area contributed by atoms with Crippen LogP contribution in [0.25, 0.3) is 10.9 Å². The number of H-pyrrole nitrogens is 1. The van der Waals surface area contributed by atoms with Gasteiger partial charge in [-0.25, -0.2) is 0 Å². The number of nitrogens with zero attached hydrogens (tertiary/aromatic N) is 1. The molecule has 15 heavy (non-hydrogen) atoms. The minimum absolute atomic E-state index is 0.556.